The Kier molecular flexibility index (Phi) is 4.19. The van der Waals surface area contributed by atoms with Gasteiger partial charge in [0.05, 0.1) is 4.88 Å². The molecule has 0 saturated heterocycles. The van der Waals surface area contributed by atoms with E-state index in [0.717, 1.165) is 33.0 Å². The van der Waals surface area contributed by atoms with Gasteiger partial charge in [0.25, 0.3) is 0 Å². The summed E-state index contributed by atoms with van der Waals surface area (Å²) >= 11 is 3.22. The summed E-state index contributed by atoms with van der Waals surface area (Å²) < 4.78 is 0. The summed E-state index contributed by atoms with van der Waals surface area (Å²) in [5.74, 6) is -0.305. The van der Waals surface area contributed by atoms with Gasteiger partial charge in [0, 0.05) is 26.6 Å². The van der Waals surface area contributed by atoms with Crippen LogP contribution in [0, 0.1) is 13.8 Å². The highest BCUT2D eigenvalue weighted by Gasteiger charge is 2.31. The molecule has 3 nitrogen and oxygen atoms in total. The first-order valence-corrected chi connectivity index (χ1v) is 9.05. The third kappa shape index (κ3) is 2.75. The lowest BCUT2D eigenvalue weighted by atomic mass is 10.0. The van der Waals surface area contributed by atoms with Crippen molar-refractivity contribution in [3.63, 3.8) is 0 Å². The number of ketones is 1. The second kappa shape index (κ2) is 5.97. The Morgan fingerprint density at radius 1 is 1.27 bits per heavy atom. The van der Waals surface area contributed by atoms with E-state index in [4.69, 9.17) is 5.11 Å². The van der Waals surface area contributed by atoms with Gasteiger partial charge in [-0.05, 0) is 56.7 Å². The molecule has 0 aromatic carbocycles. The van der Waals surface area contributed by atoms with Crippen molar-refractivity contribution in [1.82, 2.24) is 0 Å². The predicted molar refractivity (Wildman–Crippen MR) is 89.5 cm³/mol. The van der Waals surface area contributed by atoms with E-state index in [1.165, 1.54) is 10.4 Å². The number of carboxylic acid groups (broad SMARTS) is 1. The van der Waals surface area contributed by atoms with Gasteiger partial charge in [-0.2, -0.15) is 0 Å². The van der Waals surface area contributed by atoms with Crippen LogP contribution in [0.15, 0.2) is 12.1 Å². The van der Waals surface area contributed by atoms with Gasteiger partial charge < -0.3 is 5.11 Å². The normalized spacial score (nSPS) is 16.7. The van der Waals surface area contributed by atoms with Crippen LogP contribution in [0.4, 0.5) is 0 Å². The quantitative estimate of drug-likeness (QED) is 0.816. The topological polar surface area (TPSA) is 54.4 Å². The SMILES string of the molecule is Cc1ccc(C(=O)c2c(C)sc3c2CCC3CCC(=O)O)s1. The lowest BCUT2D eigenvalue weighted by molar-refractivity contribution is -0.137. The highest BCUT2D eigenvalue weighted by molar-refractivity contribution is 7.15. The number of thiophene rings is 2. The molecule has 2 aromatic heterocycles. The molecular formula is C17H18O3S2. The maximum atomic E-state index is 12.8. The van der Waals surface area contributed by atoms with Crippen LogP contribution in [0.1, 0.15) is 60.6 Å². The van der Waals surface area contributed by atoms with E-state index in [9.17, 15) is 9.59 Å². The molecule has 0 aliphatic heterocycles. The van der Waals surface area contributed by atoms with Crippen molar-refractivity contribution < 1.29 is 14.7 Å². The monoisotopic (exact) mass is 334 g/mol. The van der Waals surface area contributed by atoms with Crippen molar-refractivity contribution in [2.75, 3.05) is 0 Å². The lowest BCUT2D eigenvalue weighted by Crippen LogP contribution is -2.02. The Morgan fingerprint density at radius 2 is 2.05 bits per heavy atom. The first kappa shape index (κ1) is 15.4. The largest absolute Gasteiger partial charge is 0.481 e. The molecule has 0 radical (unpaired) electrons. The summed E-state index contributed by atoms with van der Waals surface area (Å²) in [5.41, 5.74) is 2.05. The minimum Gasteiger partial charge on any atom is -0.481 e. The van der Waals surface area contributed by atoms with Crippen molar-refractivity contribution in [2.24, 2.45) is 0 Å². The molecule has 1 atom stereocenters. The number of carboxylic acids is 1. The molecule has 1 unspecified atom stereocenters. The first-order chi connectivity index (χ1) is 10.5. The molecule has 5 heteroatoms. The fourth-order valence-electron chi connectivity index (χ4n) is 3.19. The third-order valence-corrected chi connectivity index (χ3v) is 6.54. The Balaban J connectivity index is 1.90. The Morgan fingerprint density at radius 3 is 2.68 bits per heavy atom. The van der Waals surface area contributed by atoms with E-state index in [0.29, 0.717) is 12.3 Å². The van der Waals surface area contributed by atoms with E-state index in [1.54, 1.807) is 22.7 Å². The maximum Gasteiger partial charge on any atom is 0.303 e. The third-order valence-electron chi connectivity index (χ3n) is 4.23. The van der Waals surface area contributed by atoms with Gasteiger partial charge in [0.2, 0.25) is 5.78 Å². The fraction of sp³-hybridized carbons (Fsp3) is 0.412. The van der Waals surface area contributed by atoms with E-state index in [1.807, 2.05) is 26.0 Å². The first-order valence-electron chi connectivity index (χ1n) is 7.42. The molecule has 0 spiro atoms. The smallest absolute Gasteiger partial charge is 0.303 e. The molecular weight excluding hydrogens is 316 g/mol. The van der Waals surface area contributed by atoms with E-state index < -0.39 is 5.97 Å². The Bertz CT molecular complexity index is 739. The molecule has 0 fully saturated rings. The van der Waals surface area contributed by atoms with Crippen molar-refractivity contribution in [3.8, 4) is 0 Å². The molecule has 3 rings (SSSR count). The molecule has 0 bridgehead atoms. The molecule has 1 aliphatic rings. The van der Waals surface area contributed by atoms with Crippen molar-refractivity contribution in [3.05, 3.63) is 42.8 Å². The number of aliphatic carboxylic acids is 1. The van der Waals surface area contributed by atoms with E-state index in [-0.39, 0.29) is 12.2 Å². The van der Waals surface area contributed by atoms with Crippen LogP contribution in [0.3, 0.4) is 0 Å². The van der Waals surface area contributed by atoms with Gasteiger partial charge in [0.15, 0.2) is 0 Å². The number of hydrogen-bond donors (Lipinski definition) is 1. The number of rotatable bonds is 5. The van der Waals surface area contributed by atoms with Gasteiger partial charge in [-0.15, -0.1) is 22.7 Å². The van der Waals surface area contributed by atoms with Crippen LogP contribution in [-0.4, -0.2) is 16.9 Å². The number of fused-ring (bicyclic) bond motifs is 1. The van der Waals surface area contributed by atoms with Gasteiger partial charge in [-0.25, -0.2) is 0 Å². The number of hydrogen-bond acceptors (Lipinski definition) is 4. The molecule has 22 heavy (non-hydrogen) atoms. The molecule has 0 amide bonds. The summed E-state index contributed by atoms with van der Waals surface area (Å²) in [6.45, 7) is 4.01. The molecule has 1 aliphatic carbocycles. The van der Waals surface area contributed by atoms with Gasteiger partial charge in [0.1, 0.15) is 0 Å². The number of aryl methyl sites for hydroxylation is 2. The summed E-state index contributed by atoms with van der Waals surface area (Å²) in [6.07, 6.45) is 2.75. The minimum absolute atomic E-state index is 0.131. The van der Waals surface area contributed by atoms with Gasteiger partial charge in [-0.1, -0.05) is 0 Å². The second-order valence-corrected chi connectivity index (χ2v) is 8.33. The van der Waals surface area contributed by atoms with Crippen molar-refractivity contribution in [2.45, 2.75) is 45.4 Å². The summed E-state index contributed by atoms with van der Waals surface area (Å²) in [4.78, 5) is 27.8. The molecule has 0 saturated carbocycles. The summed E-state index contributed by atoms with van der Waals surface area (Å²) in [7, 11) is 0. The van der Waals surface area contributed by atoms with Crippen molar-refractivity contribution >= 4 is 34.4 Å². The zero-order valence-electron chi connectivity index (χ0n) is 12.6. The van der Waals surface area contributed by atoms with Crippen LogP contribution < -0.4 is 0 Å². The molecule has 116 valence electrons. The highest BCUT2D eigenvalue weighted by Crippen LogP contribution is 2.45. The van der Waals surface area contributed by atoms with Crippen LogP contribution in [0.25, 0.3) is 0 Å². The van der Waals surface area contributed by atoms with E-state index >= 15 is 0 Å². The number of carbonyl (C=O) groups is 2. The lowest BCUT2D eigenvalue weighted by Gasteiger charge is -2.06. The summed E-state index contributed by atoms with van der Waals surface area (Å²) in [6, 6.07) is 3.89. The minimum atomic E-state index is -0.743. The Labute approximate surface area is 137 Å². The summed E-state index contributed by atoms with van der Waals surface area (Å²) in [5, 5.41) is 8.87. The van der Waals surface area contributed by atoms with Crippen LogP contribution >= 0.6 is 22.7 Å². The van der Waals surface area contributed by atoms with Crippen LogP contribution in [-0.2, 0) is 11.2 Å². The fourth-order valence-corrected chi connectivity index (χ4v) is 5.38. The highest BCUT2D eigenvalue weighted by atomic mass is 32.1. The number of carbonyl (C=O) groups excluding carboxylic acids is 1. The zero-order chi connectivity index (χ0) is 15.9. The maximum absolute atomic E-state index is 12.8. The standard InChI is InChI=1S/C17H18O3S2/c1-9-3-7-13(21-9)16(20)15-10(2)22-17-11(4-6-12(15)17)5-8-14(18)19/h3,7,11H,4-6,8H2,1-2H3,(H,18,19). The average molecular weight is 334 g/mol. The predicted octanol–water partition coefficient (Wildman–Crippen LogP) is 4.55. The van der Waals surface area contributed by atoms with Gasteiger partial charge in [-0.3, -0.25) is 9.59 Å². The molecule has 2 aromatic rings. The van der Waals surface area contributed by atoms with Crippen molar-refractivity contribution in [1.29, 1.82) is 0 Å². The molecule has 1 N–H and O–H groups in total. The van der Waals surface area contributed by atoms with E-state index in [2.05, 4.69) is 0 Å². The van der Waals surface area contributed by atoms with Crippen LogP contribution in [0.2, 0.25) is 0 Å². The zero-order valence-corrected chi connectivity index (χ0v) is 14.3. The Hall–Kier alpha value is -1.46. The molecule has 2 heterocycles. The van der Waals surface area contributed by atoms with Crippen LogP contribution in [0.5, 0.6) is 0 Å². The van der Waals surface area contributed by atoms with Gasteiger partial charge >= 0.3 is 5.97 Å². The second-order valence-electron chi connectivity index (χ2n) is 5.78. The average Bonchev–Trinajstić information content (AvgIpc) is 3.11.